The van der Waals surface area contributed by atoms with Crippen molar-refractivity contribution >= 4 is 5.91 Å². The van der Waals surface area contributed by atoms with Gasteiger partial charge in [-0.1, -0.05) is 6.07 Å². The normalized spacial score (nSPS) is 24.0. The average molecular weight is 234 g/mol. The largest absolute Gasteiger partial charge is 0.388 e. The highest BCUT2D eigenvalue weighted by molar-refractivity contribution is 5.76. The number of rotatable bonds is 3. The number of β-amino-alcohol motifs (C(OH)–C–C–N with tert-alkyl or cyclic N) is 1. The molecule has 1 atom stereocenters. The second-order valence-corrected chi connectivity index (χ2v) is 4.92. The zero-order valence-corrected chi connectivity index (χ0v) is 10.1. The smallest absolute Gasteiger partial charge is 0.223 e. The van der Waals surface area contributed by atoms with Gasteiger partial charge in [-0.3, -0.25) is 9.78 Å². The lowest BCUT2D eigenvalue weighted by molar-refractivity contribution is -0.131. The van der Waals surface area contributed by atoms with E-state index in [0.717, 1.165) is 5.56 Å². The molecular formula is C13H18N2O2. The second-order valence-electron chi connectivity index (χ2n) is 4.92. The number of hydrogen-bond acceptors (Lipinski definition) is 3. The fourth-order valence-electron chi connectivity index (χ4n) is 2.11. The van der Waals surface area contributed by atoms with Crippen molar-refractivity contribution in [1.29, 1.82) is 0 Å². The maximum Gasteiger partial charge on any atom is 0.223 e. The molecule has 0 aromatic carbocycles. The lowest BCUT2D eigenvalue weighted by atomic mass is 10.1. The number of carbonyl (C=O) groups is 1. The number of aliphatic hydroxyl groups is 1. The van der Waals surface area contributed by atoms with Gasteiger partial charge < -0.3 is 10.0 Å². The third-order valence-electron chi connectivity index (χ3n) is 3.15. The van der Waals surface area contributed by atoms with Crippen molar-refractivity contribution < 1.29 is 9.90 Å². The van der Waals surface area contributed by atoms with E-state index in [0.29, 0.717) is 32.4 Å². The van der Waals surface area contributed by atoms with Gasteiger partial charge in [0.05, 0.1) is 5.60 Å². The molecule has 1 aliphatic heterocycles. The zero-order chi connectivity index (χ0) is 12.3. The van der Waals surface area contributed by atoms with Crippen molar-refractivity contribution in [3.05, 3.63) is 30.1 Å². The Balaban J connectivity index is 1.83. The van der Waals surface area contributed by atoms with Crippen molar-refractivity contribution in [2.24, 2.45) is 0 Å². The zero-order valence-electron chi connectivity index (χ0n) is 10.1. The van der Waals surface area contributed by atoms with Crippen LogP contribution in [0, 0.1) is 0 Å². The molecule has 0 aliphatic carbocycles. The Hall–Kier alpha value is -1.42. The average Bonchev–Trinajstić information content (AvgIpc) is 2.68. The summed E-state index contributed by atoms with van der Waals surface area (Å²) >= 11 is 0. The first-order valence-corrected chi connectivity index (χ1v) is 5.96. The lowest BCUT2D eigenvalue weighted by Crippen LogP contribution is -2.33. The summed E-state index contributed by atoms with van der Waals surface area (Å²) < 4.78 is 0. The van der Waals surface area contributed by atoms with E-state index in [-0.39, 0.29) is 5.91 Å². The van der Waals surface area contributed by atoms with Crippen LogP contribution in [0.3, 0.4) is 0 Å². The fraction of sp³-hybridized carbons (Fsp3) is 0.538. The summed E-state index contributed by atoms with van der Waals surface area (Å²) in [5.74, 6) is 0.117. The first kappa shape index (κ1) is 12.0. The van der Waals surface area contributed by atoms with Crippen LogP contribution in [0.2, 0.25) is 0 Å². The Morgan fingerprint density at radius 2 is 2.47 bits per heavy atom. The van der Waals surface area contributed by atoms with Crippen LogP contribution in [0.5, 0.6) is 0 Å². The number of aryl methyl sites for hydroxylation is 1. The van der Waals surface area contributed by atoms with Crippen LogP contribution >= 0.6 is 0 Å². The summed E-state index contributed by atoms with van der Waals surface area (Å²) in [5.41, 5.74) is 0.371. The van der Waals surface area contributed by atoms with Gasteiger partial charge in [0.25, 0.3) is 0 Å². The minimum absolute atomic E-state index is 0.117. The third-order valence-corrected chi connectivity index (χ3v) is 3.15. The first-order chi connectivity index (χ1) is 8.07. The summed E-state index contributed by atoms with van der Waals surface area (Å²) in [5, 5.41) is 9.80. The number of aromatic nitrogens is 1. The number of pyridine rings is 1. The standard InChI is InChI=1S/C13H18N2O2/c1-13(17)6-8-15(10-13)12(16)5-4-11-3-2-7-14-9-11/h2-3,7,9,17H,4-6,8,10H2,1H3. The van der Waals surface area contributed by atoms with Crippen molar-refractivity contribution in [2.45, 2.75) is 31.8 Å². The second kappa shape index (κ2) is 4.84. The Morgan fingerprint density at radius 1 is 1.65 bits per heavy atom. The quantitative estimate of drug-likeness (QED) is 0.848. The maximum atomic E-state index is 11.9. The predicted octanol–water partition coefficient (Wildman–Crippen LogP) is 0.997. The van der Waals surface area contributed by atoms with Gasteiger partial charge in [-0.2, -0.15) is 0 Å². The van der Waals surface area contributed by atoms with E-state index < -0.39 is 5.60 Å². The SMILES string of the molecule is CC1(O)CCN(C(=O)CCc2cccnc2)C1. The van der Waals surface area contributed by atoms with E-state index in [2.05, 4.69) is 4.98 Å². The van der Waals surface area contributed by atoms with Crippen LogP contribution in [0.15, 0.2) is 24.5 Å². The van der Waals surface area contributed by atoms with E-state index in [1.165, 1.54) is 0 Å². The molecule has 4 heteroatoms. The van der Waals surface area contributed by atoms with Crippen molar-refractivity contribution in [2.75, 3.05) is 13.1 Å². The molecule has 1 amide bonds. The van der Waals surface area contributed by atoms with Crippen LogP contribution in [-0.2, 0) is 11.2 Å². The fourth-order valence-corrected chi connectivity index (χ4v) is 2.11. The molecular weight excluding hydrogens is 216 g/mol. The molecule has 1 aliphatic rings. The van der Waals surface area contributed by atoms with E-state index in [1.54, 1.807) is 24.2 Å². The molecule has 1 aromatic heterocycles. The Kier molecular flexibility index (Phi) is 3.43. The monoisotopic (exact) mass is 234 g/mol. The number of hydrogen-bond donors (Lipinski definition) is 1. The van der Waals surface area contributed by atoms with Gasteiger partial charge in [0.1, 0.15) is 0 Å². The third kappa shape index (κ3) is 3.27. The van der Waals surface area contributed by atoms with Gasteiger partial charge in [0, 0.05) is 31.9 Å². The maximum absolute atomic E-state index is 11.9. The molecule has 1 N–H and O–H groups in total. The molecule has 2 rings (SSSR count). The van der Waals surface area contributed by atoms with Crippen LogP contribution in [0.4, 0.5) is 0 Å². The molecule has 1 unspecified atom stereocenters. The topological polar surface area (TPSA) is 53.4 Å². The van der Waals surface area contributed by atoms with Gasteiger partial charge in [-0.15, -0.1) is 0 Å². The highest BCUT2D eigenvalue weighted by Crippen LogP contribution is 2.21. The number of nitrogens with zero attached hydrogens (tertiary/aromatic N) is 2. The molecule has 0 spiro atoms. The number of amides is 1. The van der Waals surface area contributed by atoms with E-state index in [1.807, 2.05) is 12.1 Å². The molecule has 1 aromatic rings. The van der Waals surface area contributed by atoms with E-state index >= 15 is 0 Å². The van der Waals surface area contributed by atoms with Crippen molar-refractivity contribution in [1.82, 2.24) is 9.88 Å². The highest BCUT2D eigenvalue weighted by atomic mass is 16.3. The Bertz CT molecular complexity index is 390. The molecule has 4 nitrogen and oxygen atoms in total. The number of likely N-dealkylation sites (tertiary alicyclic amines) is 1. The molecule has 1 saturated heterocycles. The van der Waals surface area contributed by atoms with Crippen LogP contribution < -0.4 is 0 Å². The Labute approximate surface area is 101 Å². The summed E-state index contributed by atoms with van der Waals surface area (Å²) in [4.78, 5) is 17.7. The molecule has 1 fully saturated rings. The minimum atomic E-state index is -0.704. The summed E-state index contributed by atoms with van der Waals surface area (Å²) in [6.07, 6.45) is 5.38. The molecule has 0 bridgehead atoms. The van der Waals surface area contributed by atoms with E-state index in [9.17, 15) is 9.90 Å². The predicted molar refractivity (Wildman–Crippen MR) is 64.4 cm³/mol. The number of carbonyl (C=O) groups excluding carboxylic acids is 1. The summed E-state index contributed by atoms with van der Waals surface area (Å²) in [6.45, 7) is 2.90. The summed E-state index contributed by atoms with van der Waals surface area (Å²) in [6, 6.07) is 3.85. The minimum Gasteiger partial charge on any atom is -0.388 e. The van der Waals surface area contributed by atoms with Crippen LogP contribution in [0.1, 0.15) is 25.3 Å². The van der Waals surface area contributed by atoms with E-state index in [4.69, 9.17) is 0 Å². The highest BCUT2D eigenvalue weighted by Gasteiger charge is 2.33. The molecule has 2 heterocycles. The molecule has 17 heavy (non-hydrogen) atoms. The molecule has 0 radical (unpaired) electrons. The van der Waals surface area contributed by atoms with Crippen molar-refractivity contribution in [3.63, 3.8) is 0 Å². The van der Waals surface area contributed by atoms with Crippen LogP contribution in [0.25, 0.3) is 0 Å². The van der Waals surface area contributed by atoms with Gasteiger partial charge in [0.2, 0.25) is 5.91 Å². The van der Waals surface area contributed by atoms with Crippen molar-refractivity contribution in [3.8, 4) is 0 Å². The summed E-state index contributed by atoms with van der Waals surface area (Å²) in [7, 11) is 0. The van der Waals surface area contributed by atoms with Gasteiger partial charge in [-0.05, 0) is 31.4 Å². The molecule has 0 saturated carbocycles. The van der Waals surface area contributed by atoms with Gasteiger partial charge in [-0.25, -0.2) is 0 Å². The first-order valence-electron chi connectivity index (χ1n) is 5.96. The van der Waals surface area contributed by atoms with Crippen LogP contribution in [-0.4, -0.2) is 39.6 Å². The lowest BCUT2D eigenvalue weighted by Gasteiger charge is -2.18. The van der Waals surface area contributed by atoms with Gasteiger partial charge >= 0.3 is 0 Å². The molecule has 92 valence electrons. The van der Waals surface area contributed by atoms with Gasteiger partial charge in [0.15, 0.2) is 0 Å². The Morgan fingerprint density at radius 3 is 3.06 bits per heavy atom.